The lowest BCUT2D eigenvalue weighted by Crippen LogP contribution is -2.10. The number of aromatic hydroxyl groups is 1. The fourth-order valence-corrected chi connectivity index (χ4v) is 3.03. The van der Waals surface area contributed by atoms with E-state index >= 15 is 0 Å². The molecule has 0 heterocycles. The van der Waals surface area contributed by atoms with Crippen LogP contribution in [0.3, 0.4) is 0 Å². The molecule has 0 saturated heterocycles. The minimum absolute atomic E-state index is 0.00126. The number of rotatable bonds is 5. The van der Waals surface area contributed by atoms with Gasteiger partial charge in [0, 0.05) is 12.0 Å². The van der Waals surface area contributed by atoms with Gasteiger partial charge in [-0.25, -0.2) is 4.57 Å². The summed E-state index contributed by atoms with van der Waals surface area (Å²) >= 11 is 0. The Morgan fingerprint density at radius 2 is 1.87 bits per heavy atom. The molecule has 0 amide bonds. The zero-order valence-corrected chi connectivity index (χ0v) is 13.6. The van der Waals surface area contributed by atoms with Crippen molar-refractivity contribution in [1.82, 2.24) is 0 Å². The van der Waals surface area contributed by atoms with Gasteiger partial charge in [-0.1, -0.05) is 25.1 Å². The van der Waals surface area contributed by atoms with Crippen LogP contribution < -0.4 is 0 Å². The standard InChI is InChI=1S/C16H20NO5P/c1-11(12-6-8-13(18)9-7-12)5-10-14-15(17-23(20,21)22)3-2-4-16(14)19/h2,4,6-9,11,18-19H,3,5,10H2,1H3,(H2,20,21,22). The molecule has 124 valence electrons. The van der Waals surface area contributed by atoms with Gasteiger partial charge in [0.2, 0.25) is 0 Å². The van der Waals surface area contributed by atoms with Crippen LogP contribution in [0, 0.1) is 0 Å². The molecular weight excluding hydrogens is 317 g/mol. The fraction of sp³-hybridized carbons (Fsp3) is 0.312. The zero-order valence-electron chi connectivity index (χ0n) is 12.8. The summed E-state index contributed by atoms with van der Waals surface area (Å²) in [5.41, 5.74) is 1.75. The lowest BCUT2D eigenvalue weighted by Gasteiger charge is -2.18. The number of aliphatic hydroxyl groups excluding tert-OH is 1. The topological polar surface area (TPSA) is 110 Å². The third-order valence-corrected chi connectivity index (χ3v) is 4.29. The van der Waals surface area contributed by atoms with Crippen molar-refractivity contribution < 1.29 is 24.6 Å². The molecule has 1 aromatic rings. The lowest BCUT2D eigenvalue weighted by molar-refractivity contribution is 0.375. The molecule has 4 N–H and O–H groups in total. The maximum atomic E-state index is 11.1. The molecule has 0 spiro atoms. The Morgan fingerprint density at radius 3 is 2.48 bits per heavy atom. The van der Waals surface area contributed by atoms with Crippen molar-refractivity contribution in [3.8, 4) is 5.75 Å². The quantitative estimate of drug-likeness (QED) is 0.614. The third-order valence-electron chi connectivity index (χ3n) is 3.78. The van der Waals surface area contributed by atoms with Gasteiger partial charge in [0.25, 0.3) is 0 Å². The minimum atomic E-state index is -4.53. The van der Waals surface area contributed by atoms with Crippen LogP contribution in [0.4, 0.5) is 0 Å². The van der Waals surface area contributed by atoms with E-state index in [2.05, 4.69) is 4.76 Å². The summed E-state index contributed by atoms with van der Waals surface area (Å²) in [5, 5.41) is 19.3. The molecule has 2 rings (SSSR count). The Labute approximate surface area is 134 Å². The Morgan fingerprint density at radius 1 is 1.22 bits per heavy atom. The third kappa shape index (κ3) is 5.06. The second-order valence-corrected chi connectivity index (χ2v) is 6.79. The Kier molecular flexibility index (Phi) is 5.42. The number of allylic oxidation sites excluding steroid dienone is 3. The highest BCUT2D eigenvalue weighted by Crippen LogP contribution is 2.39. The van der Waals surface area contributed by atoms with Crippen molar-refractivity contribution in [1.29, 1.82) is 0 Å². The van der Waals surface area contributed by atoms with Gasteiger partial charge in [0.05, 0.1) is 5.71 Å². The van der Waals surface area contributed by atoms with Crippen LogP contribution in [0.25, 0.3) is 0 Å². The summed E-state index contributed by atoms with van der Waals surface area (Å²) in [6.07, 6.45) is 4.57. The maximum absolute atomic E-state index is 11.1. The number of phenols is 1. The van der Waals surface area contributed by atoms with Crippen LogP contribution in [-0.2, 0) is 4.57 Å². The van der Waals surface area contributed by atoms with E-state index in [4.69, 9.17) is 9.79 Å². The van der Waals surface area contributed by atoms with E-state index < -0.39 is 7.75 Å². The highest BCUT2D eigenvalue weighted by atomic mass is 31.2. The molecule has 0 aromatic heterocycles. The fourth-order valence-electron chi connectivity index (χ4n) is 2.51. The van der Waals surface area contributed by atoms with Crippen LogP contribution in [-0.4, -0.2) is 25.7 Å². The molecule has 7 heteroatoms. The van der Waals surface area contributed by atoms with Gasteiger partial charge in [-0.2, -0.15) is 4.76 Å². The number of hydrogen-bond acceptors (Lipinski definition) is 3. The van der Waals surface area contributed by atoms with Gasteiger partial charge in [-0.15, -0.1) is 0 Å². The average Bonchev–Trinajstić information content (AvgIpc) is 2.45. The summed E-state index contributed by atoms with van der Waals surface area (Å²) in [6.45, 7) is 2.02. The first-order valence-electron chi connectivity index (χ1n) is 7.29. The second kappa shape index (κ2) is 7.13. The summed E-state index contributed by atoms with van der Waals surface area (Å²) in [6, 6.07) is 6.90. The Hall–Kier alpha value is -1.88. The first-order valence-corrected chi connectivity index (χ1v) is 8.85. The van der Waals surface area contributed by atoms with E-state index in [1.165, 1.54) is 6.08 Å². The molecule has 0 radical (unpaired) electrons. The van der Waals surface area contributed by atoms with E-state index in [0.717, 1.165) is 5.56 Å². The highest BCUT2D eigenvalue weighted by Gasteiger charge is 2.20. The van der Waals surface area contributed by atoms with Crippen LogP contribution in [0.1, 0.15) is 37.7 Å². The van der Waals surface area contributed by atoms with Gasteiger partial charge < -0.3 is 20.0 Å². The maximum Gasteiger partial charge on any atom is 0.448 e. The van der Waals surface area contributed by atoms with E-state index in [9.17, 15) is 14.8 Å². The normalized spacial score (nSPS) is 18.5. The molecule has 23 heavy (non-hydrogen) atoms. The Bertz CT molecular complexity index is 700. The van der Waals surface area contributed by atoms with E-state index in [1.807, 2.05) is 19.1 Å². The van der Waals surface area contributed by atoms with Crippen LogP contribution >= 0.6 is 7.75 Å². The van der Waals surface area contributed by atoms with Crippen molar-refractivity contribution in [3.05, 3.63) is 53.3 Å². The van der Waals surface area contributed by atoms with Crippen molar-refractivity contribution in [2.75, 3.05) is 0 Å². The number of phenolic OH excluding ortho intramolecular Hbond substituents is 1. The van der Waals surface area contributed by atoms with Crippen LogP contribution in [0.2, 0.25) is 0 Å². The first-order chi connectivity index (χ1) is 10.8. The summed E-state index contributed by atoms with van der Waals surface area (Å²) < 4.78 is 14.5. The van der Waals surface area contributed by atoms with Gasteiger partial charge in [0.15, 0.2) is 0 Å². The summed E-state index contributed by atoms with van der Waals surface area (Å²) in [7, 11) is -4.53. The monoisotopic (exact) mass is 337 g/mol. The van der Waals surface area contributed by atoms with E-state index in [0.29, 0.717) is 18.4 Å². The van der Waals surface area contributed by atoms with Gasteiger partial charge in [-0.3, -0.25) is 0 Å². The molecular formula is C16H20NO5P. The molecule has 0 saturated carbocycles. The van der Waals surface area contributed by atoms with Gasteiger partial charge >= 0.3 is 7.75 Å². The molecule has 1 aliphatic rings. The molecule has 0 aliphatic heterocycles. The van der Waals surface area contributed by atoms with Crippen molar-refractivity contribution in [3.63, 3.8) is 0 Å². The number of nitrogens with zero attached hydrogens (tertiary/aromatic N) is 1. The average molecular weight is 337 g/mol. The SMILES string of the molecule is CC(CCC1=C(O)C=CCC1=NP(=O)(O)O)c1ccc(O)cc1. The molecule has 1 aromatic carbocycles. The molecule has 1 atom stereocenters. The Balaban J connectivity index is 2.13. The summed E-state index contributed by atoms with van der Waals surface area (Å²) in [4.78, 5) is 18.1. The largest absolute Gasteiger partial charge is 0.508 e. The predicted molar refractivity (Wildman–Crippen MR) is 88.6 cm³/mol. The predicted octanol–water partition coefficient (Wildman–Crippen LogP) is 3.58. The smallest absolute Gasteiger partial charge is 0.448 e. The van der Waals surface area contributed by atoms with Crippen molar-refractivity contribution >= 4 is 13.5 Å². The minimum Gasteiger partial charge on any atom is -0.508 e. The molecule has 0 bridgehead atoms. The molecule has 0 fully saturated rings. The van der Waals surface area contributed by atoms with Crippen molar-refractivity contribution in [2.45, 2.75) is 32.1 Å². The molecule has 1 aliphatic carbocycles. The van der Waals surface area contributed by atoms with Gasteiger partial charge in [0.1, 0.15) is 11.5 Å². The van der Waals surface area contributed by atoms with E-state index in [1.54, 1.807) is 18.2 Å². The lowest BCUT2D eigenvalue weighted by atomic mass is 9.90. The molecule has 6 nitrogen and oxygen atoms in total. The second-order valence-electron chi connectivity index (χ2n) is 5.56. The van der Waals surface area contributed by atoms with Gasteiger partial charge in [-0.05, 0) is 42.5 Å². The van der Waals surface area contributed by atoms with Crippen molar-refractivity contribution in [2.24, 2.45) is 4.76 Å². The number of benzene rings is 1. The van der Waals surface area contributed by atoms with E-state index in [-0.39, 0.29) is 29.6 Å². The zero-order chi connectivity index (χ0) is 17.0. The number of aliphatic hydroxyl groups is 1. The first kappa shape index (κ1) is 17.5. The molecule has 1 unspecified atom stereocenters. The summed E-state index contributed by atoms with van der Waals surface area (Å²) in [5.74, 6) is 0.370. The highest BCUT2D eigenvalue weighted by molar-refractivity contribution is 7.50. The number of hydrogen-bond donors (Lipinski definition) is 4. The van der Waals surface area contributed by atoms with Crippen LogP contribution in [0.5, 0.6) is 5.75 Å². The van der Waals surface area contributed by atoms with Crippen LogP contribution in [0.15, 0.2) is 52.5 Å².